The standard InChI is InChI=1S/C11H17NO2/c1-8(14)12-10-6-11(2,3)5-4-9(10)7-13/h6-7,9H,4-5H2,1-3H3,(H,12,14). The molecule has 0 radical (unpaired) electrons. The zero-order valence-corrected chi connectivity index (χ0v) is 8.96. The monoisotopic (exact) mass is 195 g/mol. The summed E-state index contributed by atoms with van der Waals surface area (Å²) in [7, 11) is 0. The van der Waals surface area contributed by atoms with E-state index in [1.807, 2.05) is 6.08 Å². The van der Waals surface area contributed by atoms with Crippen LogP contribution in [0, 0.1) is 11.3 Å². The van der Waals surface area contributed by atoms with E-state index >= 15 is 0 Å². The van der Waals surface area contributed by atoms with Gasteiger partial charge in [0.1, 0.15) is 6.29 Å². The maximum Gasteiger partial charge on any atom is 0.221 e. The molecule has 0 aliphatic heterocycles. The van der Waals surface area contributed by atoms with Crippen molar-refractivity contribution >= 4 is 12.2 Å². The molecule has 78 valence electrons. The molecule has 0 aromatic rings. The van der Waals surface area contributed by atoms with Crippen molar-refractivity contribution in [3.8, 4) is 0 Å². The van der Waals surface area contributed by atoms with Crippen molar-refractivity contribution in [2.75, 3.05) is 0 Å². The Kier molecular flexibility index (Phi) is 3.09. The van der Waals surface area contributed by atoms with Crippen LogP contribution in [0.15, 0.2) is 11.8 Å². The molecule has 1 aliphatic rings. The van der Waals surface area contributed by atoms with Gasteiger partial charge in [0.05, 0.1) is 5.92 Å². The summed E-state index contributed by atoms with van der Waals surface area (Å²) in [4.78, 5) is 21.7. The van der Waals surface area contributed by atoms with E-state index in [-0.39, 0.29) is 17.2 Å². The third kappa shape index (κ3) is 2.69. The zero-order valence-electron chi connectivity index (χ0n) is 8.96. The number of allylic oxidation sites excluding steroid dienone is 2. The summed E-state index contributed by atoms with van der Waals surface area (Å²) in [5, 5.41) is 2.73. The van der Waals surface area contributed by atoms with Crippen molar-refractivity contribution in [3.05, 3.63) is 11.8 Å². The van der Waals surface area contributed by atoms with Gasteiger partial charge in [-0.3, -0.25) is 4.79 Å². The Morgan fingerprint density at radius 3 is 2.79 bits per heavy atom. The normalized spacial score (nSPS) is 25.1. The molecule has 1 aliphatic carbocycles. The summed E-state index contributed by atoms with van der Waals surface area (Å²) < 4.78 is 0. The second kappa shape index (κ2) is 3.95. The summed E-state index contributed by atoms with van der Waals surface area (Å²) in [5.41, 5.74) is 0.848. The van der Waals surface area contributed by atoms with Crippen molar-refractivity contribution in [1.29, 1.82) is 0 Å². The van der Waals surface area contributed by atoms with Crippen molar-refractivity contribution in [2.24, 2.45) is 11.3 Å². The molecule has 1 N–H and O–H groups in total. The summed E-state index contributed by atoms with van der Waals surface area (Å²) in [6.07, 6.45) is 4.72. The number of hydrogen-bond donors (Lipinski definition) is 1. The van der Waals surface area contributed by atoms with Gasteiger partial charge in [0, 0.05) is 12.6 Å². The van der Waals surface area contributed by atoms with Crippen molar-refractivity contribution in [3.63, 3.8) is 0 Å². The van der Waals surface area contributed by atoms with Gasteiger partial charge in [-0.2, -0.15) is 0 Å². The molecule has 0 saturated heterocycles. The van der Waals surface area contributed by atoms with Gasteiger partial charge >= 0.3 is 0 Å². The molecular weight excluding hydrogens is 178 g/mol. The SMILES string of the molecule is CC(=O)NC1=CC(C)(C)CCC1C=O. The van der Waals surface area contributed by atoms with Crippen LogP contribution < -0.4 is 5.32 Å². The second-order valence-electron chi connectivity index (χ2n) is 4.55. The van der Waals surface area contributed by atoms with Crippen LogP contribution in [0.25, 0.3) is 0 Å². The lowest BCUT2D eigenvalue weighted by molar-refractivity contribution is -0.118. The molecule has 3 nitrogen and oxygen atoms in total. The summed E-state index contributed by atoms with van der Waals surface area (Å²) in [5.74, 6) is -0.243. The van der Waals surface area contributed by atoms with Crippen LogP contribution in [-0.4, -0.2) is 12.2 Å². The first kappa shape index (κ1) is 11.0. The first-order valence-corrected chi connectivity index (χ1v) is 4.90. The number of aldehydes is 1. The van der Waals surface area contributed by atoms with Crippen LogP contribution in [0.3, 0.4) is 0 Å². The lowest BCUT2D eigenvalue weighted by Gasteiger charge is -2.30. The molecule has 14 heavy (non-hydrogen) atoms. The molecular formula is C11H17NO2. The Hall–Kier alpha value is -1.12. The van der Waals surface area contributed by atoms with Crippen molar-refractivity contribution < 1.29 is 9.59 Å². The van der Waals surface area contributed by atoms with E-state index in [1.165, 1.54) is 6.92 Å². The van der Waals surface area contributed by atoms with Crippen LogP contribution in [0.1, 0.15) is 33.6 Å². The van der Waals surface area contributed by atoms with Gasteiger partial charge in [0.15, 0.2) is 0 Å². The average molecular weight is 195 g/mol. The highest BCUT2D eigenvalue weighted by Crippen LogP contribution is 2.34. The fraction of sp³-hybridized carbons (Fsp3) is 0.636. The molecule has 0 aromatic carbocycles. The maximum atomic E-state index is 10.9. The van der Waals surface area contributed by atoms with E-state index in [1.54, 1.807) is 0 Å². The molecule has 1 amide bonds. The fourth-order valence-electron chi connectivity index (χ4n) is 1.76. The van der Waals surface area contributed by atoms with E-state index in [9.17, 15) is 9.59 Å². The molecule has 0 spiro atoms. The van der Waals surface area contributed by atoms with Gasteiger partial charge < -0.3 is 10.1 Å². The lowest BCUT2D eigenvalue weighted by atomic mass is 9.77. The number of amides is 1. The number of hydrogen-bond acceptors (Lipinski definition) is 2. The number of rotatable bonds is 2. The van der Waals surface area contributed by atoms with Crippen LogP contribution in [0.2, 0.25) is 0 Å². The molecule has 3 heteroatoms. The minimum absolute atomic E-state index is 0.0806. The minimum Gasteiger partial charge on any atom is -0.330 e. The quantitative estimate of drug-likeness (QED) is 0.681. The largest absolute Gasteiger partial charge is 0.330 e. The van der Waals surface area contributed by atoms with Crippen molar-refractivity contribution in [1.82, 2.24) is 5.32 Å². The minimum atomic E-state index is -0.132. The van der Waals surface area contributed by atoms with Crippen LogP contribution in [0.4, 0.5) is 0 Å². The van der Waals surface area contributed by atoms with Gasteiger partial charge in [-0.1, -0.05) is 19.9 Å². The molecule has 0 aromatic heterocycles. The highest BCUT2D eigenvalue weighted by molar-refractivity contribution is 5.76. The topological polar surface area (TPSA) is 46.2 Å². The molecule has 0 bridgehead atoms. The summed E-state index contributed by atoms with van der Waals surface area (Å²) in [6.45, 7) is 5.68. The highest BCUT2D eigenvalue weighted by atomic mass is 16.1. The first-order valence-electron chi connectivity index (χ1n) is 4.90. The smallest absolute Gasteiger partial charge is 0.221 e. The Labute approximate surface area is 84.6 Å². The van der Waals surface area contributed by atoms with E-state index in [4.69, 9.17) is 0 Å². The van der Waals surface area contributed by atoms with Gasteiger partial charge in [-0.25, -0.2) is 0 Å². The van der Waals surface area contributed by atoms with E-state index in [2.05, 4.69) is 19.2 Å². The number of carbonyl (C=O) groups excluding carboxylic acids is 2. The molecule has 0 heterocycles. The predicted molar refractivity (Wildman–Crippen MR) is 54.5 cm³/mol. The van der Waals surface area contributed by atoms with Crippen LogP contribution >= 0.6 is 0 Å². The highest BCUT2D eigenvalue weighted by Gasteiger charge is 2.27. The summed E-state index contributed by atoms with van der Waals surface area (Å²) >= 11 is 0. The zero-order chi connectivity index (χ0) is 10.8. The third-order valence-electron chi connectivity index (χ3n) is 2.53. The number of carbonyl (C=O) groups is 2. The predicted octanol–water partition coefficient (Wildman–Crippen LogP) is 1.64. The molecule has 1 rings (SSSR count). The number of nitrogens with one attached hydrogen (secondary N) is 1. The third-order valence-corrected chi connectivity index (χ3v) is 2.53. The van der Waals surface area contributed by atoms with E-state index in [0.29, 0.717) is 0 Å². The van der Waals surface area contributed by atoms with Crippen LogP contribution in [0.5, 0.6) is 0 Å². The Balaban J connectivity index is 2.87. The van der Waals surface area contributed by atoms with Gasteiger partial charge in [-0.15, -0.1) is 0 Å². The van der Waals surface area contributed by atoms with Gasteiger partial charge in [-0.05, 0) is 18.3 Å². The molecule has 0 saturated carbocycles. The fourth-order valence-corrected chi connectivity index (χ4v) is 1.76. The lowest BCUT2D eigenvalue weighted by Crippen LogP contribution is -2.31. The van der Waals surface area contributed by atoms with E-state index in [0.717, 1.165) is 24.8 Å². The first-order chi connectivity index (χ1) is 6.44. The van der Waals surface area contributed by atoms with E-state index < -0.39 is 0 Å². The van der Waals surface area contributed by atoms with Gasteiger partial charge in [0.2, 0.25) is 5.91 Å². The second-order valence-corrected chi connectivity index (χ2v) is 4.55. The Morgan fingerprint density at radius 1 is 1.64 bits per heavy atom. The molecule has 1 unspecified atom stereocenters. The summed E-state index contributed by atoms with van der Waals surface area (Å²) in [6, 6.07) is 0. The molecule has 0 fully saturated rings. The van der Waals surface area contributed by atoms with Crippen LogP contribution in [-0.2, 0) is 9.59 Å². The van der Waals surface area contributed by atoms with Crippen molar-refractivity contribution in [2.45, 2.75) is 33.6 Å². The Bertz CT molecular complexity index is 279. The maximum absolute atomic E-state index is 10.9. The van der Waals surface area contributed by atoms with Gasteiger partial charge in [0.25, 0.3) is 0 Å². The average Bonchev–Trinajstić information content (AvgIpc) is 2.01. The molecule has 1 atom stereocenters. The Morgan fingerprint density at radius 2 is 2.29 bits per heavy atom.